The number of ether oxygens (including phenoxy) is 1. The number of benzene rings is 1. The van der Waals surface area contributed by atoms with Crippen molar-refractivity contribution in [2.75, 3.05) is 19.0 Å². The summed E-state index contributed by atoms with van der Waals surface area (Å²) in [5.74, 6) is 1.57. The first-order valence-corrected chi connectivity index (χ1v) is 9.90. The Hall–Kier alpha value is -2.13. The molecule has 1 aliphatic heterocycles. The fourth-order valence-electron chi connectivity index (χ4n) is 2.47. The van der Waals surface area contributed by atoms with Crippen LogP contribution < -0.4 is 16.2 Å². The molecule has 8 nitrogen and oxygen atoms in total. The summed E-state index contributed by atoms with van der Waals surface area (Å²) in [6, 6.07) is 7.41. The van der Waals surface area contributed by atoms with Gasteiger partial charge >= 0.3 is 0 Å². The second-order valence-electron chi connectivity index (χ2n) is 6.26. The molecule has 1 aromatic carbocycles. The van der Waals surface area contributed by atoms with Crippen LogP contribution in [-0.4, -0.2) is 45.8 Å². The molecule has 0 radical (unpaired) electrons. The van der Waals surface area contributed by atoms with E-state index in [1.807, 2.05) is 45.0 Å². The number of guanidine groups is 2. The van der Waals surface area contributed by atoms with Crippen LogP contribution >= 0.6 is 0 Å². The molecule has 9 heteroatoms. The summed E-state index contributed by atoms with van der Waals surface area (Å²) in [5.41, 5.74) is 10.8. The molecule has 26 heavy (non-hydrogen) atoms. The Morgan fingerprint density at radius 3 is 2.65 bits per heavy atom. The van der Waals surface area contributed by atoms with Gasteiger partial charge in [-0.3, -0.25) is 9.05 Å². The van der Waals surface area contributed by atoms with Crippen molar-refractivity contribution in [2.45, 2.75) is 44.2 Å². The van der Waals surface area contributed by atoms with E-state index in [4.69, 9.17) is 21.0 Å². The number of nitrogens with zero attached hydrogens (tertiary/aromatic N) is 3. The highest BCUT2D eigenvalue weighted by Gasteiger charge is 2.32. The zero-order chi connectivity index (χ0) is 19.2. The molecule has 1 atom stereocenters. The number of hydroxylamine groups is 2. The summed E-state index contributed by atoms with van der Waals surface area (Å²) in [6.45, 7) is 6.47. The van der Waals surface area contributed by atoms with Crippen molar-refractivity contribution in [3.63, 3.8) is 0 Å². The fourth-order valence-corrected chi connectivity index (χ4v) is 3.64. The molecule has 1 aliphatic rings. The molecule has 0 fully saturated rings. The second kappa shape index (κ2) is 9.00. The Morgan fingerprint density at radius 1 is 1.23 bits per heavy atom. The molecule has 1 heterocycles. The Bertz CT molecular complexity index is 705. The number of nitrogens with two attached hydrogens (primary N) is 2. The lowest BCUT2D eigenvalue weighted by atomic mass is 10.2. The number of aliphatic imine (C=N–C) groups is 2. The van der Waals surface area contributed by atoms with Gasteiger partial charge in [-0.05, 0) is 32.4 Å². The lowest BCUT2D eigenvalue weighted by Gasteiger charge is -2.36. The third kappa shape index (κ3) is 5.18. The minimum absolute atomic E-state index is 0.132. The maximum Gasteiger partial charge on any atom is 0.226 e. The highest BCUT2D eigenvalue weighted by Crippen LogP contribution is 2.23. The van der Waals surface area contributed by atoms with Gasteiger partial charge in [-0.2, -0.15) is 10.1 Å². The molecule has 144 valence electrons. The van der Waals surface area contributed by atoms with Gasteiger partial charge in [0.15, 0.2) is 5.66 Å². The lowest BCUT2D eigenvalue weighted by Crippen LogP contribution is -2.53. The van der Waals surface area contributed by atoms with Crippen molar-refractivity contribution in [3.8, 4) is 5.75 Å². The monoisotopic (exact) mass is 381 g/mol. The van der Waals surface area contributed by atoms with Crippen molar-refractivity contribution >= 4 is 22.7 Å². The van der Waals surface area contributed by atoms with E-state index in [1.165, 1.54) is 5.06 Å². The zero-order valence-electron chi connectivity index (χ0n) is 15.5. The number of hydrogen-bond acceptors (Lipinski definition) is 8. The van der Waals surface area contributed by atoms with Gasteiger partial charge in [0.2, 0.25) is 11.9 Å². The van der Waals surface area contributed by atoms with Crippen molar-refractivity contribution in [2.24, 2.45) is 21.5 Å². The molecule has 4 N–H and O–H groups in total. The van der Waals surface area contributed by atoms with Crippen LogP contribution in [0.2, 0.25) is 0 Å². The number of para-hydroxylation sites is 1. The van der Waals surface area contributed by atoms with Gasteiger partial charge < -0.3 is 16.2 Å². The predicted molar refractivity (Wildman–Crippen MR) is 103 cm³/mol. The van der Waals surface area contributed by atoms with E-state index in [9.17, 15) is 4.21 Å². The van der Waals surface area contributed by atoms with Crippen LogP contribution in [0.25, 0.3) is 0 Å². The highest BCUT2D eigenvalue weighted by molar-refractivity contribution is 7.85. The predicted octanol–water partition coefficient (Wildman–Crippen LogP) is 1.59. The zero-order valence-corrected chi connectivity index (χ0v) is 16.3. The van der Waals surface area contributed by atoms with E-state index in [1.54, 1.807) is 0 Å². The minimum Gasteiger partial charge on any atom is -0.492 e. The number of hydrogen-bond donors (Lipinski definition) is 2. The molecule has 0 aliphatic carbocycles. The van der Waals surface area contributed by atoms with E-state index in [0.717, 1.165) is 11.3 Å². The molecule has 1 aromatic rings. The standard InChI is InChI=1S/C17H27N5O3S/c1-4-12-26(23)14-9-6-5-8-13(14)24-10-7-11-25-22-16(19)20-15(18)21-17(22,2)3/h5-6,8-9H,4,7,10-12H2,1-3H3,(H4,18,19,20,21). The van der Waals surface area contributed by atoms with Gasteiger partial charge in [0.05, 0.1) is 28.9 Å². The Balaban J connectivity index is 1.83. The third-order valence-corrected chi connectivity index (χ3v) is 5.18. The van der Waals surface area contributed by atoms with Gasteiger partial charge in [-0.15, -0.1) is 0 Å². The van der Waals surface area contributed by atoms with E-state index >= 15 is 0 Å². The molecular weight excluding hydrogens is 354 g/mol. The minimum atomic E-state index is -1.05. The maximum absolute atomic E-state index is 12.2. The van der Waals surface area contributed by atoms with Gasteiger partial charge in [0, 0.05) is 12.2 Å². The third-order valence-electron chi connectivity index (χ3n) is 3.57. The summed E-state index contributed by atoms with van der Waals surface area (Å²) in [6.07, 6.45) is 1.48. The van der Waals surface area contributed by atoms with Gasteiger partial charge in [-0.1, -0.05) is 19.1 Å². The first kappa shape index (κ1) is 20.2. The summed E-state index contributed by atoms with van der Waals surface area (Å²) in [4.78, 5) is 14.5. The van der Waals surface area contributed by atoms with Crippen molar-refractivity contribution in [1.29, 1.82) is 0 Å². The van der Waals surface area contributed by atoms with E-state index in [0.29, 0.717) is 31.1 Å². The smallest absolute Gasteiger partial charge is 0.226 e. The van der Waals surface area contributed by atoms with Gasteiger partial charge in [0.25, 0.3) is 0 Å². The molecule has 0 saturated carbocycles. The van der Waals surface area contributed by atoms with E-state index < -0.39 is 16.5 Å². The second-order valence-corrected chi connectivity index (χ2v) is 7.80. The fraction of sp³-hybridized carbons (Fsp3) is 0.529. The average molecular weight is 382 g/mol. The molecule has 0 amide bonds. The summed E-state index contributed by atoms with van der Waals surface area (Å²) in [5, 5.41) is 1.44. The van der Waals surface area contributed by atoms with Crippen LogP contribution in [0, 0.1) is 0 Å². The van der Waals surface area contributed by atoms with Crippen LogP contribution in [0.3, 0.4) is 0 Å². The van der Waals surface area contributed by atoms with Crippen LogP contribution in [0.5, 0.6) is 5.75 Å². The largest absolute Gasteiger partial charge is 0.492 e. The van der Waals surface area contributed by atoms with Crippen LogP contribution in [-0.2, 0) is 15.6 Å². The average Bonchev–Trinajstić information content (AvgIpc) is 2.56. The summed E-state index contributed by atoms with van der Waals surface area (Å²) in [7, 11) is -1.05. The van der Waals surface area contributed by atoms with E-state index in [-0.39, 0.29) is 11.9 Å². The van der Waals surface area contributed by atoms with Crippen molar-refractivity contribution in [3.05, 3.63) is 24.3 Å². The number of rotatable bonds is 9. The molecule has 1 unspecified atom stereocenters. The highest BCUT2D eigenvalue weighted by atomic mass is 32.2. The molecule has 2 rings (SSSR count). The molecular formula is C17H27N5O3S. The molecule has 0 aromatic heterocycles. The van der Waals surface area contributed by atoms with Gasteiger partial charge in [-0.25, -0.2) is 4.99 Å². The lowest BCUT2D eigenvalue weighted by molar-refractivity contribution is -0.158. The molecule has 0 saturated heterocycles. The quantitative estimate of drug-likeness (QED) is 0.628. The maximum atomic E-state index is 12.2. The Labute approximate surface area is 156 Å². The van der Waals surface area contributed by atoms with Crippen LogP contribution in [0.15, 0.2) is 39.1 Å². The Kier molecular flexibility index (Phi) is 6.98. The first-order chi connectivity index (χ1) is 12.3. The van der Waals surface area contributed by atoms with Gasteiger partial charge in [0.1, 0.15) is 5.75 Å². The van der Waals surface area contributed by atoms with E-state index in [2.05, 4.69) is 9.98 Å². The van der Waals surface area contributed by atoms with Crippen LogP contribution in [0.4, 0.5) is 0 Å². The topological polar surface area (TPSA) is 116 Å². The first-order valence-electron chi connectivity index (χ1n) is 8.58. The Morgan fingerprint density at radius 2 is 1.96 bits per heavy atom. The summed E-state index contributed by atoms with van der Waals surface area (Å²) >= 11 is 0. The molecule has 0 bridgehead atoms. The molecule has 0 spiro atoms. The van der Waals surface area contributed by atoms with Crippen molar-refractivity contribution in [1.82, 2.24) is 5.06 Å². The SMILES string of the molecule is CCCS(=O)c1ccccc1OCCCON1C(N)=NC(N)=NC1(C)C. The normalized spacial score (nSPS) is 17.4. The van der Waals surface area contributed by atoms with Crippen LogP contribution in [0.1, 0.15) is 33.6 Å². The summed E-state index contributed by atoms with van der Waals surface area (Å²) < 4.78 is 18.0. The van der Waals surface area contributed by atoms with Crippen molar-refractivity contribution < 1.29 is 13.8 Å².